The Morgan fingerprint density at radius 2 is 1.40 bits per heavy atom. The molecule has 0 aliphatic rings. The smallest absolute Gasteiger partial charge is 0.0557 e. The van der Waals surface area contributed by atoms with E-state index in [2.05, 4.69) is 32.8 Å². The predicted molar refractivity (Wildman–Crippen MR) is 47.5 cm³/mol. The van der Waals surface area contributed by atoms with E-state index in [0.717, 1.165) is 0 Å². The van der Waals surface area contributed by atoms with Gasteiger partial charge in [-0.25, -0.2) is 0 Å². The van der Waals surface area contributed by atoms with Gasteiger partial charge in [-0.2, -0.15) is 0 Å². The third-order valence-electron chi connectivity index (χ3n) is 1.51. The molecule has 0 aromatic heterocycles. The second-order valence-corrected chi connectivity index (χ2v) is 8.76. The molecular formula is C8H16PtSi. The molecule has 0 aromatic carbocycles. The Labute approximate surface area is 79.7 Å². The molecule has 0 nitrogen and oxygen atoms in total. The van der Waals surface area contributed by atoms with Gasteiger partial charge in [-0.05, 0) is 5.54 Å². The van der Waals surface area contributed by atoms with E-state index < -0.39 is 8.07 Å². The zero-order chi connectivity index (χ0) is 7.49. The molecule has 0 amide bonds. The fraction of sp³-hybridized carbons (Fsp3) is 0.500. The quantitative estimate of drug-likeness (QED) is 0.549. The van der Waals surface area contributed by atoms with Crippen molar-refractivity contribution in [3.63, 3.8) is 0 Å². The van der Waals surface area contributed by atoms with Gasteiger partial charge in [-0.1, -0.05) is 31.8 Å². The van der Waals surface area contributed by atoms with Gasteiger partial charge in [0.15, 0.2) is 0 Å². The van der Waals surface area contributed by atoms with E-state index in [1.54, 1.807) is 0 Å². The normalized spacial score (nSPS) is 10.4. The molecule has 10 heavy (non-hydrogen) atoms. The molecule has 0 aliphatic heterocycles. The molecule has 2 heteroatoms. The Kier molecular flexibility index (Phi) is 6.62. The second kappa shape index (κ2) is 5.09. The van der Waals surface area contributed by atoms with Crippen molar-refractivity contribution < 1.29 is 21.1 Å². The number of hydrogen-bond donors (Lipinski definition) is 0. The molecule has 0 rings (SSSR count). The molecule has 62 valence electrons. The van der Waals surface area contributed by atoms with Crippen molar-refractivity contribution in [2.24, 2.45) is 0 Å². The van der Waals surface area contributed by atoms with Crippen LogP contribution in [-0.2, 0) is 21.1 Å². The maximum atomic E-state index is 3.76. The minimum atomic E-state index is -1.02. The summed E-state index contributed by atoms with van der Waals surface area (Å²) in [5.41, 5.74) is 0.567. The average Bonchev–Trinajstić information content (AvgIpc) is 1.65. The minimum absolute atomic E-state index is 0. The zero-order valence-electron chi connectivity index (χ0n) is 6.96. The van der Waals surface area contributed by atoms with E-state index in [4.69, 9.17) is 0 Å². The number of rotatable bonds is 3. The van der Waals surface area contributed by atoms with Crippen molar-refractivity contribution in [2.45, 2.75) is 25.2 Å². The van der Waals surface area contributed by atoms with Crippen molar-refractivity contribution in [3.8, 4) is 0 Å². The molecule has 0 radical (unpaired) electrons. The van der Waals surface area contributed by atoms with Gasteiger partial charge in [0.05, 0.1) is 8.07 Å². The van der Waals surface area contributed by atoms with Gasteiger partial charge in [-0.3, -0.25) is 0 Å². The fourth-order valence-electron chi connectivity index (χ4n) is 0.803. The summed E-state index contributed by atoms with van der Waals surface area (Å²) in [4.78, 5) is 0. The molecule has 0 saturated heterocycles. The third-order valence-corrected chi connectivity index (χ3v) is 3.98. The summed E-state index contributed by atoms with van der Waals surface area (Å²) >= 11 is 0. The maximum Gasteiger partial charge on any atom is 0.0557 e. The van der Waals surface area contributed by atoms with Crippen LogP contribution in [0.2, 0.25) is 25.2 Å². The van der Waals surface area contributed by atoms with E-state index in [0.29, 0.717) is 5.54 Å². The van der Waals surface area contributed by atoms with Gasteiger partial charge < -0.3 is 0 Å². The molecule has 0 aliphatic carbocycles. The molecule has 0 fully saturated rings. The SMILES string of the molecule is C=CC(C=C)[Si](C)(C)C.[Pt]. The van der Waals surface area contributed by atoms with Crippen LogP contribution in [0.25, 0.3) is 0 Å². The summed E-state index contributed by atoms with van der Waals surface area (Å²) < 4.78 is 0. The average molecular weight is 335 g/mol. The van der Waals surface area contributed by atoms with Crippen LogP contribution in [0, 0.1) is 0 Å². The first kappa shape index (κ1) is 13.0. The molecule has 0 atom stereocenters. The molecule has 0 bridgehead atoms. The van der Waals surface area contributed by atoms with Crippen LogP contribution in [0.5, 0.6) is 0 Å². The molecule has 0 aromatic rings. The predicted octanol–water partition coefficient (Wildman–Crippen LogP) is 3.06. The largest absolute Gasteiger partial charge is 0.103 e. The number of hydrogen-bond acceptors (Lipinski definition) is 0. The fourth-order valence-corrected chi connectivity index (χ4v) is 2.22. The Balaban J connectivity index is 0. The summed E-state index contributed by atoms with van der Waals surface area (Å²) in [5.74, 6) is 0. The summed E-state index contributed by atoms with van der Waals surface area (Å²) in [6, 6.07) is 0. The van der Waals surface area contributed by atoms with Crippen LogP contribution in [0.3, 0.4) is 0 Å². The van der Waals surface area contributed by atoms with Crippen molar-refractivity contribution in [1.29, 1.82) is 0 Å². The maximum absolute atomic E-state index is 3.76. The Morgan fingerprint density at radius 3 is 1.40 bits per heavy atom. The van der Waals surface area contributed by atoms with E-state index in [9.17, 15) is 0 Å². The molecule has 0 saturated carbocycles. The van der Waals surface area contributed by atoms with Crippen LogP contribution in [0.4, 0.5) is 0 Å². The number of allylic oxidation sites excluding steroid dienone is 2. The second-order valence-electron chi connectivity index (χ2n) is 3.36. The summed E-state index contributed by atoms with van der Waals surface area (Å²) in [6.07, 6.45) is 4.00. The third kappa shape index (κ3) is 4.24. The Morgan fingerprint density at radius 1 is 1.10 bits per heavy atom. The van der Waals surface area contributed by atoms with Crippen LogP contribution < -0.4 is 0 Å². The van der Waals surface area contributed by atoms with E-state index in [1.807, 2.05) is 12.2 Å². The minimum Gasteiger partial charge on any atom is -0.103 e. The van der Waals surface area contributed by atoms with Gasteiger partial charge in [-0.15, -0.1) is 13.2 Å². The van der Waals surface area contributed by atoms with Gasteiger partial charge >= 0.3 is 0 Å². The molecule has 0 unspecified atom stereocenters. The van der Waals surface area contributed by atoms with Crippen molar-refractivity contribution >= 4 is 8.07 Å². The van der Waals surface area contributed by atoms with Gasteiger partial charge in [0.25, 0.3) is 0 Å². The van der Waals surface area contributed by atoms with E-state index >= 15 is 0 Å². The van der Waals surface area contributed by atoms with Crippen molar-refractivity contribution in [2.75, 3.05) is 0 Å². The van der Waals surface area contributed by atoms with Gasteiger partial charge in [0, 0.05) is 21.1 Å². The Hall–Kier alpha value is 0.385. The first-order valence-corrected chi connectivity index (χ1v) is 6.85. The Bertz CT molecular complexity index is 105. The van der Waals surface area contributed by atoms with Crippen LogP contribution in [0.15, 0.2) is 25.3 Å². The van der Waals surface area contributed by atoms with Crippen LogP contribution >= 0.6 is 0 Å². The molecule has 0 N–H and O–H groups in total. The molecule has 0 heterocycles. The van der Waals surface area contributed by atoms with Gasteiger partial charge in [0.2, 0.25) is 0 Å². The summed E-state index contributed by atoms with van der Waals surface area (Å²) in [6.45, 7) is 14.5. The first-order valence-electron chi connectivity index (χ1n) is 3.27. The summed E-state index contributed by atoms with van der Waals surface area (Å²) in [5, 5.41) is 0. The molecule has 0 spiro atoms. The zero-order valence-corrected chi connectivity index (χ0v) is 10.2. The van der Waals surface area contributed by atoms with E-state index in [-0.39, 0.29) is 21.1 Å². The topological polar surface area (TPSA) is 0 Å². The summed E-state index contributed by atoms with van der Waals surface area (Å²) in [7, 11) is -1.02. The molecular weight excluding hydrogens is 319 g/mol. The van der Waals surface area contributed by atoms with Crippen LogP contribution in [-0.4, -0.2) is 8.07 Å². The van der Waals surface area contributed by atoms with Gasteiger partial charge in [0.1, 0.15) is 0 Å². The first-order chi connectivity index (χ1) is 4.02. The van der Waals surface area contributed by atoms with Crippen molar-refractivity contribution in [3.05, 3.63) is 25.3 Å². The standard InChI is InChI=1S/C8H16Si.Pt/c1-6-8(7-2)9(3,4)5;/h6-8H,1-2H2,3-5H3;. The van der Waals surface area contributed by atoms with E-state index in [1.165, 1.54) is 0 Å². The van der Waals surface area contributed by atoms with Crippen molar-refractivity contribution in [1.82, 2.24) is 0 Å². The monoisotopic (exact) mass is 335 g/mol. The van der Waals surface area contributed by atoms with Crippen LogP contribution in [0.1, 0.15) is 0 Å².